The molecule has 2 amide bonds. The van der Waals surface area contributed by atoms with Crippen LogP contribution >= 0.6 is 0 Å². The van der Waals surface area contributed by atoms with E-state index in [2.05, 4.69) is 29.8 Å². The molecule has 2 aromatic rings. The van der Waals surface area contributed by atoms with Gasteiger partial charge in [0.15, 0.2) is 0 Å². The Hall–Kier alpha value is -3.02. The molecule has 0 heterocycles. The van der Waals surface area contributed by atoms with Gasteiger partial charge in [0.05, 0.1) is 13.2 Å². The van der Waals surface area contributed by atoms with E-state index in [-0.39, 0.29) is 18.4 Å². The lowest BCUT2D eigenvalue weighted by molar-refractivity contribution is -0.115. The molecule has 0 saturated heterocycles. The molecule has 6 nitrogen and oxygen atoms in total. The average molecular weight is 369 g/mol. The van der Waals surface area contributed by atoms with Crippen molar-refractivity contribution in [2.24, 2.45) is 5.92 Å². The SMILES string of the molecule is CC(=O)Nc1ccc(NCC(=O)Nc2cccc(OCCC(C)C)c2)cc1. The Balaban J connectivity index is 1.80. The van der Waals surface area contributed by atoms with E-state index in [4.69, 9.17) is 4.74 Å². The molecule has 144 valence electrons. The highest BCUT2D eigenvalue weighted by atomic mass is 16.5. The highest BCUT2D eigenvalue weighted by molar-refractivity contribution is 5.94. The highest BCUT2D eigenvalue weighted by Crippen LogP contribution is 2.18. The zero-order chi connectivity index (χ0) is 19.6. The van der Waals surface area contributed by atoms with Crippen molar-refractivity contribution in [3.05, 3.63) is 48.5 Å². The van der Waals surface area contributed by atoms with Gasteiger partial charge in [-0.2, -0.15) is 0 Å². The first-order valence-corrected chi connectivity index (χ1v) is 9.06. The maximum absolute atomic E-state index is 12.1. The van der Waals surface area contributed by atoms with Crippen molar-refractivity contribution in [3.8, 4) is 5.75 Å². The Morgan fingerprint density at radius 2 is 1.67 bits per heavy atom. The van der Waals surface area contributed by atoms with Crippen molar-refractivity contribution in [1.29, 1.82) is 0 Å². The molecule has 0 fully saturated rings. The molecule has 0 aliphatic rings. The van der Waals surface area contributed by atoms with Crippen LogP contribution in [0.25, 0.3) is 0 Å². The van der Waals surface area contributed by atoms with E-state index >= 15 is 0 Å². The van der Waals surface area contributed by atoms with E-state index in [1.54, 1.807) is 12.1 Å². The van der Waals surface area contributed by atoms with Gasteiger partial charge in [0.25, 0.3) is 0 Å². The monoisotopic (exact) mass is 369 g/mol. The van der Waals surface area contributed by atoms with Gasteiger partial charge in [-0.25, -0.2) is 0 Å². The molecule has 6 heteroatoms. The molecule has 0 radical (unpaired) electrons. The lowest BCUT2D eigenvalue weighted by atomic mass is 10.1. The third kappa shape index (κ3) is 7.81. The van der Waals surface area contributed by atoms with Crippen LogP contribution < -0.4 is 20.7 Å². The van der Waals surface area contributed by atoms with Crippen molar-refractivity contribution in [2.75, 3.05) is 29.1 Å². The highest BCUT2D eigenvalue weighted by Gasteiger charge is 2.04. The van der Waals surface area contributed by atoms with Crippen LogP contribution in [0.5, 0.6) is 5.75 Å². The number of carbonyl (C=O) groups excluding carboxylic acids is 2. The Morgan fingerprint density at radius 1 is 0.963 bits per heavy atom. The summed E-state index contributed by atoms with van der Waals surface area (Å²) < 4.78 is 5.71. The van der Waals surface area contributed by atoms with E-state index in [1.165, 1.54) is 6.92 Å². The average Bonchev–Trinajstić information content (AvgIpc) is 2.61. The number of benzene rings is 2. The van der Waals surface area contributed by atoms with Crippen LogP contribution in [0.15, 0.2) is 48.5 Å². The van der Waals surface area contributed by atoms with E-state index < -0.39 is 0 Å². The molecule has 2 rings (SSSR count). The van der Waals surface area contributed by atoms with Gasteiger partial charge in [-0.3, -0.25) is 9.59 Å². The Kier molecular flexibility index (Phi) is 7.67. The number of amides is 2. The predicted octanol–water partition coefficient (Wildman–Crippen LogP) is 4.12. The molecule has 0 aromatic heterocycles. The summed E-state index contributed by atoms with van der Waals surface area (Å²) in [7, 11) is 0. The van der Waals surface area contributed by atoms with Gasteiger partial charge < -0.3 is 20.7 Å². The minimum Gasteiger partial charge on any atom is -0.494 e. The molecule has 3 N–H and O–H groups in total. The lowest BCUT2D eigenvalue weighted by Crippen LogP contribution is -2.21. The van der Waals surface area contributed by atoms with Crippen molar-refractivity contribution < 1.29 is 14.3 Å². The molecule has 0 spiro atoms. The number of rotatable bonds is 9. The zero-order valence-electron chi connectivity index (χ0n) is 16.0. The molecule has 27 heavy (non-hydrogen) atoms. The van der Waals surface area contributed by atoms with Crippen LogP contribution in [-0.2, 0) is 9.59 Å². The second kappa shape index (κ2) is 10.2. The summed E-state index contributed by atoms with van der Waals surface area (Å²) in [4.78, 5) is 23.2. The van der Waals surface area contributed by atoms with Gasteiger partial charge in [-0.05, 0) is 48.7 Å². The largest absolute Gasteiger partial charge is 0.494 e. The first-order valence-electron chi connectivity index (χ1n) is 9.06. The quantitative estimate of drug-likeness (QED) is 0.621. The predicted molar refractivity (Wildman–Crippen MR) is 109 cm³/mol. The molecule has 0 atom stereocenters. The first-order chi connectivity index (χ1) is 12.9. The van der Waals surface area contributed by atoms with Gasteiger partial charge >= 0.3 is 0 Å². The van der Waals surface area contributed by atoms with Gasteiger partial charge in [-0.1, -0.05) is 19.9 Å². The summed E-state index contributed by atoms with van der Waals surface area (Å²) in [5.74, 6) is 1.06. The summed E-state index contributed by atoms with van der Waals surface area (Å²) in [5, 5.41) is 8.60. The topological polar surface area (TPSA) is 79.5 Å². The third-order valence-electron chi connectivity index (χ3n) is 3.74. The summed E-state index contributed by atoms with van der Waals surface area (Å²) in [6.07, 6.45) is 0.987. The Labute approximate surface area is 160 Å². The number of nitrogens with one attached hydrogen (secondary N) is 3. The molecular weight excluding hydrogens is 342 g/mol. The summed E-state index contributed by atoms with van der Waals surface area (Å²) >= 11 is 0. The zero-order valence-corrected chi connectivity index (χ0v) is 16.0. The van der Waals surface area contributed by atoms with Crippen molar-refractivity contribution in [2.45, 2.75) is 27.2 Å². The van der Waals surface area contributed by atoms with Gasteiger partial charge in [-0.15, -0.1) is 0 Å². The van der Waals surface area contributed by atoms with E-state index in [9.17, 15) is 9.59 Å². The second-order valence-corrected chi connectivity index (χ2v) is 6.72. The molecule has 2 aromatic carbocycles. The molecule has 0 saturated carbocycles. The molecule has 0 aliphatic carbocycles. The maximum Gasteiger partial charge on any atom is 0.243 e. The van der Waals surface area contributed by atoms with Gasteiger partial charge in [0.2, 0.25) is 11.8 Å². The fraction of sp³-hybridized carbons (Fsp3) is 0.333. The smallest absolute Gasteiger partial charge is 0.243 e. The maximum atomic E-state index is 12.1. The first kappa shape index (κ1) is 20.3. The normalized spacial score (nSPS) is 10.4. The van der Waals surface area contributed by atoms with Crippen LogP contribution in [-0.4, -0.2) is 25.0 Å². The number of anilines is 3. The minimum atomic E-state index is -0.153. The fourth-order valence-electron chi connectivity index (χ4n) is 2.34. The van der Waals surface area contributed by atoms with E-state index in [0.717, 1.165) is 17.9 Å². The molecule has 0 bridgehead atoms. The molecule has 0 unspecified atom stereocenters. The van der Waals surface area contributed by atoms with E-state index in [0.29, 0.717) is 23.9 Å². The van der Waals surface area contributed by atoms with Gasteiger partial charge in [0.1, 0.15) is 5.75 Å². The summed E-state index contributed by atoms with van der Waals surface area (Å²) in [6, 6.07) is 14.6. The van der Waals surface area contributed by atoms with Crippen LogP contribution in [0.2, 0.25) is 0 Å². The fourth-order valence-corrected chi connectivity index (χ4v) is 2.34. The third-order valence-corrected chi connectivity index (χ3v) is 3.74. The van der Waals surface area contributed by atoms with Crippen LogP contribution in [0, 0.1) is 5.92 Å². The number of hydrogen-bond acceptors (Lipinski definition) is 4. The van der Waals surface area contributed by atoms with Crippen molar-refractivity contribution in [1.82, 2.24) is 0 Å². The summed E-state index contributed by atoms with van der Waals surface area (Å²) in [5.41, 5.74) is 2.21. The number of ether oxygens (including phenoxy) is 1. The standard InChI is InChI=1S/C21H27N3O3/c1-15(2)11-12-27-20-6-4-5-19(13-20)24-21(26)14-22-17-7-9-18(10-8-17)23-16(3)25/h4-10,13,15,22H,11-12,14H2,1-3H3,(H,23,25)(H,24,26). The molecular formula is C21H27N3O3. The lowest BCUT2D eigenvalue weighted by Gasteiger charge is -2.11. The number of carbonyl (C=O) groups is 2. The van der Waals surface area contributed by atoms with E-state index in [1.807, 2.05) is 36.4 Å². The van der Waals surface area contributed by atoms with Crippen molar-refractivity contribution in [3.63, 3.8) is 0 Å². The second-order valence-electron chi connectivity index (χ2n) is 6.72. The van der Waals surface area contributed by atoms with Crippen LogP contribution in [0.4, 0.5) is 17.1 Å². The van der Waals surface area contributed by atoms with Gasteiger partial charge in [0, 0.05) is 30.1 Å². The summed E-state index contributed by atoms with van der Waals surface area (Å²) in [6.45, 7) is 6.56. The molecule has 0 aliphatic heterocycles. The number of hydrogen-bond donors (Lipinski definition) is 3. The van der Waals surface area contributed by atoms with Crippen molar-refractivity contribution >= 4 is 28.9 Å². The Bertz CT molecular complexity index is 758. The minimum absolute atomic E-state index is 0.120. The van der Waals surface area contributed by atoms with Crippen LogP contribution in [0.1, 0.15) is 27.2 Å². The Morgan fingerprint density at radius 3 is 2.33 bits per heavy atom. The van der Waals surface area contributed by atoms with Crippen LogP contribution in [0.3, 0.4) is 0 Å².